The van der Waals surface area contributed by atoms with Crippen molar-refractivity contribution in [3.63, 3.8) is 0 Å². The van der Waals surface area contributed by atoms with Crippen LogP contribution in [0, 0.1) is 6.92 Å². The van der Waals surface area contributed by atoms with E-state index in [1.807, 2.05) is 6.07 Å². The number of anilines is 1. The fourth-order valence-electron chi connectivity index (χ4n) is 2.80. The number of fused-ring (bicyclic) bond motifs is 1. The first kappa shape index (κ1) is 18.3. The number of para-hydroxylation sites is 1. The SMILES string of the molecule is COC(=O)c1cccc(NC(=O)CCc2nc3ccccc3c(=O)[nH]2)c1C. The molecule has 0 aliphatic heterocycles. The number of H-pyrrole nitrogens is 1. The van der Waals surface area contributed by atoms with E-state index in [9.17, 15) is 14.4 Å². The van der Waals surface area contributed by atoms with E-state index >= 15 is 0 Å². The lowest BCUT2D eigenvalue weighted by atomic mass is 10.1. The van der Waals surface area contributed by atoms with Crippen molar-refractivity contribution < 1.29 is 14.3 Å². The Labute approximate surface area is 155 Å². The summed E-state index contributed by atoms with van der Waals surface area (Å²) in [6, 6.07) is 12.1. The van der Waals surface area contributed by atoms with Crippen LogP contribution in [0.4, 0.5) is 5.69 Å². The lowest BCUT2D eigenvalue weighted by Crippen LogP contribution is -2.17. The van der Waals surface area contributed by atoms with Crippen LogP contribution in [0.25, 0.3) is 10.9 Å². The van der Waals surface area contributed by atoms with E-state index in [1.165, 1.54) is 7.11 Å². The van der Waals surface area contributed by atoms with Crippen molar-refractivity contribution in [3.05, 3.63) is 69.8 Å². The van der Waals surface area contributed by atoms with Crippen LogP contribution in [0.1, 0.15) is 28.2 Å². The maximum absolute atomic E-state index is 12.3. The minimum absolute atomic E-state index is 0.142. The number of carbonyl (C=O) groups excluding carboxylic acids is 2. The Morgan fingerprint density at radius 2 is 1.93 bits per heavy atom. The first-order valence-electron chi connectivity index (χ1n) is 8.45. The number of ether oxygens (including phenoxy) is 1. The highest BCUT2D eigenvalue weighted by atomic mass is 16.5. The number of aromatic amines is 1. The van der Waals surface area contributed by atoms with Crippen LogP contribution >= 0.6 is 0 Å². The molecule has 7 heteroatoms. The van der Waals surface area contributed by atoms with Gasteiger partial charge in [0.05, 0.1) is 23.6 Å². The number of nitrogens with zero attached hydrogens (tertiary/aromatic N) is 1. The predicted octanol–water partition coefficient (Wildman–Crippen LogP) is 2.59. The minimum Gasteiger partial charge on any atom is -0.465 e. The largest absolute Gasteiger partial charge is 0.465 e. The van der Waals surface area contributed by atoms with Gasteiger partial charge in [-0.05, 0) is 36.8 Å². The molecule has 1 heterocycles. The van der Waals surface area contributed by atoms with Crippen molar-refractivity contribution in [2.45, 2.75) is 19.8 Å². The Bertz CT molecular complexity index is 1070. The number of hydrogen-bond acceptors (Lipinski definition) is 5. The molecular formula is C20H19N3O4. The predicted molar refractivity (Wildman–Crippen MR) is 102 cm³/mol. The molecule has 138 valence electrons. The number of amides is 1. The maximum Gasteiger partial charge on any atom is 0.338 e. The van der Waals surface area contributed by atoms with Gasteiger partial charge in [-0.15, -0.1) is 0 Å². The third-order valence-corrected chi connectivity index (χ3v) is 4.26. The van der Waals surface area contributed by atoms with E-state index in [0.29, 0.717) is 40.0 Å². The average Bonchev–Trinajstić information content (AvgIpc) is 2.67. The number of rotatable bonds is 5. The summed E-state index contributed by atoms with van der Waals surface area (Å²) in [6.45, 7) is 1.74. The van der Waals surface area contributed by atoms with Crippen LogP contribution in [0.3, 0.4) is 0 Å². The molecule has 0 saturated carbocycles. The summed E-state index contributed by atoms with van der Waals surface area (Å²) in [5.74, 6) is -0.244. The molecule has 3 rings (SSSR count). The summed E-state index contributed by atoms with van der Waals surface area (Å²) >= 11 is 0. The zero-order chi connectivity index (χ0) is 19.4. The maximum atomic E-state index is 12.3. The molecule has 0 unspecified atom stereocenters. The van der Waals surface area contributed by atoms with Gasteiger partial charge in [-0.2, -0.15) is 0 Å². The third kappa shape index (κ3) is 4.03. The Kier molecular flexibility index (Phi) is 5.30. The Morgan fingerprint density at radius 1 is 1.15 bits per heavy atom. The van der Waals surface area contributed by atoms with Crippen molar-refractivity contribution in [2.75, 3.05) is 12.4 Å². The van der Waals surface area contributed by atoms with Crippen LogP contribution < -0.4 is 10.9 Å². The van der Waals surface area contributed by atoms with Crippen molar-refractivity contribution in [1.29, 1.82) is 0 Å². The van der Waals surface area contributed by atoms with Crippen LogP contribution in [0.15, 0.2) is 47.3 Å². The zero-order valence-electron chi connectivity index (χ0n) is 15.0. The molecule has 1 aromatic heterocycles. The summed E-state index contributed by atoms with van der Waals surface area (Å²) in [4.78, 5) is 43.2. The quantitative estimate of drug-likeness (QED) is 0.677. The summed E-state index contributed by atoms with van der Waals surface area (Å²) in [5, 5.41) is 3.30. The molecule has 0 aliphatic carbocycles. The molecule has 0 aliphatic rings. The van der Waals surface area contributed by atoms with E-state index in [2.05, 4.69) is 15.3 Å². The van der Waals surface area contributed by atoms with Crippen LogP contribution in [-0.2, 0) is 16.0 Å². The molecule has 1 amide bonds. The molecule has 0 atom stereocenters. The summed E-state index contributed by atoms with van der Waals surface area (Å²) in [6.07, 6.45) is 0.435. The molecule has 0 bridgehead atoms. The highest BCUT2D eigenvalue weighted by Crippen LogP contribution is 2.20. The Hall–Kier alpha value is -3.48. The molecular weight excluding hydrogens is 346 g/mol. The van der Waals surface area contributed by atoms with E-state index in [0.717, 1.165) is 0 Å². The van der Waals surface area contributed by atoms with Gasteiger partial charge in [-0.25, -0.2) is 9.78 Å². The molecule has 0 radical (unpaired) electrons. The van der Waals surface area contributed by atoms with Gasteiger partial charge in [-0.3, -0.25) is 9.59 Å². The number of nitrogens with one attached hydrogen (secondary N) is 2. The van der Waals surface area contributed by atoms with Crippen LogP contribution in [0.5, 0.6) is 0 Å². The van der Waals surface area contributed by atoms with Gasteiger partial charge in [0, 0.05) is 18.5 Å². The van der Waals surface area contributed by atoms with Gasteiger partial charge in [-0.1, -0.05) is 18.2 Å². The highest BCUT2D eigenvalue weighted by Gasteiger charge is 2.14. The number of esters is 1. The fraction of sp³-hybridized carbons (Fsp3) is 0.200. The highest BCUT2D eigenvalue weighted by molar-refractivity contribution is 5.96. The number of carbonyl (C=O) groups is 2. The lowest BCUT2D eigenvalue weighted by Gasteiger charge is -2.11. The van der Waals surface area contributed by atoms with Crippen LogP contribution in [0.2, 0.25) is 0 Å². The molecule has 0 fully saturated rings. The minimum atomic E-state index is -0.457. The molecule has 27 heavy (non-hydrogen) atoms. The van der Waals surface area contributed by atoms with E-state index in [1.54, 1.807) is 43.3 Å². The van der Waals surface area contributed by atoms with Gasteiger partial charge < -0.3 is 15.0 Å². The van der Waals surface area contributed by atoms with Gasteiger partial charge in [0.25, 0.3) is 5.56 Å². The zero-order valence-corrected chi connectivity index (χ0v) is 15.0. The Balaban J connectivity index is 1.70. The standard InChI is InChI=1S/C20H19N3O4/c1-12-13(20(26)27-2)7-5-9-15(12)22-18(24)11-10-17-21-16-8-4-3-6-14(16)19(25)23-17/h3-9H,10-11H2,1-2H3,(H,22,24)(H,21,23,25). The number of aryl methyl sites for hydroxylation is 1. The summed E-state index contributed by atoms with van der Waals surface area (Å²) < 4.78 is 4.74. The Morgan fingerprint density at radius 3 is 2.70 bits per heavy atom. The number of hydrogen-bond donors (Lipinski definition) is 2. The fourth-order valence-corrected chi connectivity index (χ4v) is 2.80. The molecule has 0 saturated heterocycles. The number of aromatic nitrogens is 2. The second kappa shape index (κ2) is 7.82. The first-order chi connectivity index (χ1) is 13.0. The van der Waals surface area contributed by atoms with E-state index in [4.69, 9.17) is 4.74 Å². The summed E-state index contributed by atoms with van der Waals surface area (Å²) in [7, 11) is 1.31. The van der Waals surface area contributed by atoms with Gasteiger partial charge in [0.2, 0.25) is 5.91 Å². The second-order valence-electron chi connectivity index (χ2n) is 6.05. The summed E-state index contributed by atoms with van der Waals surface area (Å²) in [5.41, 5.74) is 1.95. The molecule has 2 aromatic carbocycles. The molecule has 2 N–H and O–H groups in total. The average molecular weight is 365 g/mol. The number of benzene rings is 2. The van der Waals surface area contributed by atoms with Crippen molar-refractivity contribution in [1.82, 2.24) is 9.97 Å². The monoisotopic (exact) mass is 365 g/mol. The van der Waals surface area contributed by atoms with Crippen molar-refractivity contribution >= 4 is 28.5 Å². The van der Waals surface area contributed by atoms with Gasteiger partial charge in [0.15, 0.2) is 0 Å². The lowest BCUT2D eigenvalue weighted by molar-refractivity contribution is -0.116. The van der Waals surface area contributed by atoms with Gasteiger partial charge in [0.1, 0.15) is 5.82 Å². The number of methoxy groups -OCH3 is 1. The topological polar surface area (TPSA) is 101 Å². The van der Waals surface area contributed by atoms with Crippen molar-refractivity contribution in [3.8, 4) is 0 Å². The van der Waals surface area contributed by atoms with Crippen molar-refractivity contribution in [2.24, 2.45) is 0 Å². The third-order valence-electron chi connectivity index (χ3n) is 4.26. The second-order valence-corrected chi connectivity index (χ2v) is 6.05. The van der Waals surface area contributed by atoms with E-state index < -0.39 is 5.97 Å². The van der Waals surface area contributed by atoms with Crippen LogP contribution in [-0.4, -0.2) is 29.0 Å². The molecule has 7 nitrogen and oxygen atoms in total. The van der Waals surface area contributed by atoms with E-state index in [-0.39, 0.29) is 17.9 Å². The normalized spacial score (nSPS) is 10.6. The molecule has 3 aromatic rings. The smallest absolute Gasteiger partial charge is 0.338 e. The van der Waals surface area contributed by atoms with Gasteiger partial charge >= 0.3 is 5.97 Å². The molecule has 0 spiro atoms. The first-order valence-corrected chi connectivity index (χ1v) is 8.45.